The minimum Gasteiger partial charge on any atom is -0.379 e. The Balaban J connectivity index is 1.64. The normalized spacial score (nSPS) is 15.5. The second-order valence-electron chi connectivity index (χ2n) is 7.48. The first-order chi connectivity index (χ1) is 14.8. The molecule has 3 aromatic rings. The molecule has 3 heterocycles. The molecule has 1 N–H and O–H groups in total. The monoisotopic (exact) mass is 453 g/mol. The molecule has 31 heavy (non-hydrogen) atoms. The van der Waals surface area contributed by atoms with Crippen molar-refractivity contribution in [2.45, 2.75) is 19.5 Å². The lowest BCUT2D eigenvalue weighted by Crippen LogP contribution is -2.37. The third kappa shape index (κ3) is 4.94. The summed E-state index contributed by atoms with van der Waals surface area (Å²) in [5.74, 6) is 0.482. The summed E-state index contributed by atoms with van der Waals surface area (Å²) in [6.45, 7) is 6.52. The van der Waals surface area contributed by atoms with E-state index in [1.165, 1.54) is 4.52 Å². The van der Waals surface area contributed by atoms with Crippen molar-refractivity contribution in [1.29, 1.82) is 0 Å². The zero-order chi connectivity index (χ0) is 22.0. The number of fused-ring (bicyclic) bond motifs is 1. The Morgan fingerprint density at radius 1 is 1.16 bits per heavy atom. The predicted octanol–water partition coefficient (Wildman–Crippen LogP) is 4.51. The molecule has 10 heteroatoms. The third-order valence-electron chi connectivity index (χ3n) is 5.18. The summed E-state index contributed by atoms with van der Waals surface area (Å²) < 4.78 is 48.1. The van der Waals surface area contributed by atoms with Gasteiger partial charge in [-0.1, -0.05) is 23.7 Å². The molecule has 2 aromatic heterocycles. The van der Waals surface area contributed by atoms with Gasteiger partial charge in [0.2, 0.25) is 0 Å². The lowest BCUT2D eigenvalue weighted by atomic mass is 10.1. The quantitative estimate of drug-likeness (QED) is 0.556. The highest BCUT2D eigenvalue weighted by Gasteiger charge is 2.39. The van der Waals surface area contributed by atoms with Gasteiger partial charge in [0.05, 0.1) is 18.8 Å². The van der Waals surface area contributed by atoms with E-state index in [-0.39, 0.29) is 11.2 Å². The van der Waals surface area contributed by atoms with E-state index in [0.717, 1.165) is 39.3 Å². The number of hydrogen-bond donors (Lipinski definition) is 1. The highest BCUT2D eigenvalue weighted by Crippen LogP contribution is 2.39. The Morgan fingerprint density at radius 2 is 1.87 bits per heavy atom. The molecule has 0 amide bonds. The van der Waals surface area contributed by atoms with Crippen molar-refractivity contribution >= 4 is 23.1 Å². The van der Waals surface area contributed by atoms with E-state index in [1.54, 1.807) is 37.3 Å². The lowest BCUT2D eigenvalue weighted by molar-refractivity contribution is -0.140. The summed E-state index contributed by atoms with van der Waals surface area (Å²) in [6, 6.07) is 7.92. The number of alkyl halides is 3. The second-order valence-corrected chi connectivity index (χ2v) is 7.92. The van der Waals surface area contributed by atoms with Gasteiger partial charge >= 0.3 is 6.18 Å². The van der Waals surface area contributed by atoms with Gasteiger partial charge in [0.15, 0.2) is 11.3 Å². The van der Waals surface area contributed by atoms with Gasteiger partial charge in [-0.2, -0.15) is 22.8 Å². The number of nitrogens with one attached hydrogen (secondary N) is 1. The molecule has 1 fully saturated rings. The molecule has 0 aliphatic carbocycles. The van der Waals surface area contributed by atoms with E-state index in [2.05, 4.69) is 20.3 Å². The molecule has 0 spiro atoms. The highest BCUT2D eigenvalue weighted by atomic mass is 35.5. The maximum atomic E-state index is 13.8. The van der Waals surface area contributed by atoms with Crippen molar-refractivity contribution in [2.24, 2.45) is 0 Å². The second kappa shape index (κ2) is 9.02. The van der Waals surface area contributed by atoms with Gasteiger partial charge in [-0.05, 0) is 37.6 Å². The minimum absolute atomic E-state index is 0.0516. The predicted molar refractivity (Wildman–Crippen MR) is 114 cm³/mol. The van der Waals surface area contributed by atoms with E-state index in [4.69, 9.17) is 16.3 Å². The van der Waals surface area contributed by atoms with Crippen LogP contribution in [0.5, 0.6) is 0 Å². The smallest absolute Gasteiger partial charge is 0.379 e. The first-order valence-corrected chi connectivity index (χ1v) is 10.5. The Labute approximate surface area is 183 Å². The van der Waals surface area contributed by atoms with Gasteiger partial charge in [-0.15, -0.1) is 0 Å². The summed E-state index contributed by atoms with van der Waals surface area (Å²) >= 11 is 5.92. The van der Waals surface area contributed by atoms with Crippen molar-refractivity contribution in [3.05, 3.63) is 46.7 Å². The standard InChI is InChI=1S/C21H23ClF3N5O/c1-14-13-17(26-7-2-8-29-9-11-31-12-10-29)30-20(27-14)18(19(28-30)21(23,24)25)15-3-5-16(22)6-4-15/h3-6,13,26H,2,7-12H2,1H3. The minimum atomic E-state index is -4.62. The molecule has 1 aliphatic heterocycles. The van der Waals surface area contributed by atoms with Gasteiger partial charge in [-0.25, -0.2) is 4.98 Å². The summed E-state index contributed by atoms with van der Waals surface area (Å²) in [5, 5.41) is 7.58. The number of morpholine rings is 1. The fourth-order valence-corrected chi connectivity index (χ4v) is 3.82. The van der Waals surface area contributed by atoms with E-state index in [9.17, 15) is 13.2 Å². The van der Waals surface area contributed by atoms with E-state index < -0.39 is 11.9 Å². The molecular formula is C21H23ClF3N5O. The lowest BCUT2D eigenvalue weighted by Gasteiger charge is -2.26. The number of halogens is 4. The zero-order valence-electron chi connectivity index (χ0n) is 17.0. The van der Waals surface area contributed by atoms with E-state index >= 15 is 0 Å². The van der Waals surface area contributed by atoms with Crippen LogP contribution in [0.1, 0.15) is 17.8 Å². The molecule has 6 nitrogen and oxygen atoms in total. The maximum Gasteiger partial charge on any atom is 0.435 e. The molecule has 0 unspecified atom stereocenters. The van der Waals surface area contributed by atoms with Crippen molar-refractivity contribution in [1.82, 2.24) is 19.5 Å². The zero-order valence-corrected chi connectivity index (χ0v) is 17.8. The van der Waals surface area contributed by atoms with Crippen LogP contribution >= 0.6 is 11.6 Å². The molecular weight excluding hydrogens is 431 g/mol. The van der Waals surface area contributed by atoms with Crippen molar-refractivity contribution < 1.29 is 17.9 Å². The maximum absolute atomic E-state index is 13.8. The van der Waals surface area contributed by atoms with E-state index in [0.29, 0.717) is 28.6 Å². The molecule has 0 bridgehead atoms. The first-order valence-electron chi connectivity index (χ1n) is 10.1. The summed E-state index contributed by atoms with van der Waals surface area (Å²) in [7, 11) is 0. The van der Waals surface area contributed by atoms with Crippen LogP contribution in [-0.2, 0) is 10.9 Å². The first kappa shape index (κ1) is 21.9. The fraction of sp³-hybridized carbons (Fsp3) is 0.429. The van der Waals surface area contributed by atoms with Gasteiger partial charge < -0.3 is 10.1 Å². The van der Waals surface area contributed by atoms with Crippen LogP contribution in [0.3, 0.4) is 0 Å². The van der Waals surface area contributed by atoms with Crippen LogP contribution < -0.4 is 5.32 Å². The van der Waals surface area contributed by atoms with Gasteiger partial charge in [0.1, 0.15) is 5.82 Å². The molecule has 1 aliphatic rings. The summed E-state index contributed by atoms with van der Waals surface area (Å²) in [6.07, 6.45) is -3.77. The summed E-state index contributed by atoms with van der Waals surface area (Å²) in [5.41, 5.74) is 0.106. The van der Waals surface area contributed by atoms with Crippen LogP contribution in [0.15, 0.2) is 30.3 Å². The van der Waals surface area contributed by atoms with Crippen LogP contribution in [-0.4, -0.2) is 58.9 Å². The highest BCUT2D eigenvalue weighted by molar-refractivity contribution is 6.30. The fourth-order valence-electron chi connectivity index (χ4n) is 3.69. The molecule has 1 saturated heterocycles. The van der Waals surface area contributed by atoms with Gasteiger partial charge in [0, 0.05) is 36.4 Å². The average molecular weight is 454 g/mol. The molecule has 1 aromatic carbocycles. The average Bonchev–Trinajstić information content (AvgIpc) is 3.12. The van der Waals surface area contributed by atoms with Crippen molar-refractivity contribution in [2.75, 3.05) is 44.7 Å². The SMILES string of the molecule is Cc1cc(NCCCN2CCOCC2)n2nc(C(F)(F)F)c(-c3ccc(Cl)cc3)c2n1. The Morgan fingerprint density at radius 3 is 2.55 bits per heavy atom. The van der Waals surface area contributed by atoms with Crippen molar-refractivity contribution in [3.63, 3.8) is 0 Å². The largest absolute Gasteiger partial charge is 0.435 e. The molecule has 0 radical (unpaired) electrons. The number of benzene rings is 1. The van der Waals surface area contributed by atoms with Crippen LogP contribution in [0.4, 0.5) is 19.0 Å². The van der Waals surface area contributed by atoms with E-state index in [1.807, 2.05) is 0 Å². The number of hydrogen-bond acceptors (Lipinski definition) is 5. The van der Waals surface area contributed by atoms with Crippen LogP contribution in [0, 0.1) is 6.92 Å². The van der Waals surface area contributed by atoms with Gasteiger partial charge in [-0.3, -0.25) is 4.90 Å². The van der Waals surface area contributed by atoms with Crippen LogP contribution in [0.2, 0.25) is 5.02 Å². The number of nitrogens with zero attached hydrogens (tertiary/aromatic N) is 4. The van der Waals surface area contributed by atoms with Gasteiger partial charge in [0.25, 0.3) is 0 Å². The number of aromatic nitrogens is 3. The molecule has 0 atom stereocenters. The third-order valence-corrected chi connectivity index (χ3v) is 5.43. The Hall–Kier alpha value is -2.36. The number of ether oxygens (including phenoxy) is 1. The molecule has 0 saturated carbocycles. The van der Waals surface area contributed by atoms with Crippen LogP contribution in [0.25, 0.3) is 16.8 Å². The number of anilines is 1. The Bertz CT molecular complexity index is 1050. The molecule has 166 valence electrons. The molecule has 4 rings (SSSR count). The Kier molecular flexibility index (Phi) is 6.36. The summed E-state index contributed by atoms with van der Waals surface area (Å²) in [4.78, 5) is 6.69. The van der Waals surface area contributed by atoms with Crippen molar-refractivity contribution in [3.8, 4) is 11.1 Å². The number of aryl methyl sites for hydroxylation is 1. The number of rotatable bonds is 6. The topological polar surface area (TPSA) is 54.7 Å².